The number of amides is 1. The van der Waals surface area contributed by atoms with Gasteiger partial charge in [0.15, 0.2) is 0 Å². The molecule has 40 heavy (non-hydrogen) atoms. The number of benzene rings is 2. The molecule has 16 heteroatoms. The summed E-state index contributed by atoms with van der Waals surface area (Å²) in [5.74, 6) is -2.01. The number of cyclic esters (lactones) is 1. The minimum Gasteiger partial charge on any atom is -0.463 e. The van der Waals surface area contributed by atoms with Gasteiger partial charge in [0.25, 0.3) is 15.6 Å². The summed E-state index contributed by atoms with van der Waals surface area (Å²) in [6.45, 7) is -0.0975. The van der Waals surface area contributed by atoms with Crippen LogP contribution in [0.5, 0.6) is 0 Å². The average molecular weight is 598 g/mol. The topological polar surface area (TPSA) is 113 Å². The molecule has 1 saturated heterocycles. The molecule has 2 aromatic carbocycles. The maximum Gasteiger partial charge on any atom is 0.430 e. The number of carbonyl (C=O) groups excluding carboxylic acids is 2. The summed E-state index contributed by atoms with van der Waals surface area (Å²) in [6, 6.07) is 3.13. The van der Waals surface area contributed by atoms with Gasteiger partial charge in [-0.25, -0.2) is 12.8 Å². The van der Waals surface area contributed by atoms with Crippen LogP contribution in [-0.2, 0) is 36.4 Å². The number of sulfonamides is 1. The van der Waals surface area contributed by atoms with E-state index in [1.807, 2.05) is 0 Å². The number of hydrogen-bond acceptors (Lipinski definition) is 6. The third kappa shape index (κ3) is 5.33. The second kappa shape index (κ2) is 10.2. The molecule has 0 bridgehead atoms. The lowest BCUT2D eigenvalue weighted by Gasteiger charge is -2.39. The van der Waals surface area contributed by atoms with Crippen molar-refractivity contribution in [3.63, 3.8) is 0 Å². The third-order valence-electron chi connectivity index (χ3n) is 6.65. The Labute approximate surface area is 222 Å². The lowest BCUT2D eigenvalue weighted by Crippen LogP contribution is -2.54. The standard InChI is InChI=1S/C24H21F7N2O6S/c25-15-3-6-18(7-4-15)40(37,38)33-17(11-20(34)32-16-10-21(35)39-12-16)5-1-13-9-14(2-8-19(13)33)22(36,23(26,27)28)24(29,30)31/h2-4,6-9,16-17,36H,1,5,10-12H2,(H,32,34)/t16-,17+/m1/s1. The summed E-state index contributed by atoms with van der Waals surface area (Å²) in [5, 5.41) is 12.3. The quantitative estimate of drug-likeness (QED) is 0.389. The number of alkyl halides is 6. The highest BCUT2D eigenvalue weighted by atomic mass is 32.2. The first kappa shape index (κ1) is 29.6. The van der Waals surface area contributed by atoms with E-state index in [4.69, 9.17) is 4.74 Å². The van der Waals surface area contributed by atoms with Crippen molar-refractivity contribution < 1.29 is 58.6 Å². The molecule has 2 aliphatic rings. The van der Waals surface area contributed by atoms with Gasteiger partial charge in [-0.15, -0.1) is 0 Å². The first-order chi connectivity index (χ1) is 18.4. The van der Waals surface area contributed by atoms with E-state index in [1.165, 1.54) is 0 Å². The van der Waals surface area contributed by atoms with E-state index >= 15 is 0 Å². The van der Waals surface area contributed by atoms with Crippen molar-refractivity contribution in [3.05, 3.63) is 59.4 Å². The van der Waals surface area contributed by atoms with Gasteiger partial charge in [-0.1, -0.05) is 12.1 Å². The van der Waals surface area contributed by atoms with Crippen molar-refractivity contribution in [2.24, 2.45) is 0 Å². The summed E-state index contributed by atoms with van der Waals surface area (Å²) in [5.41, 5.74) is -7.37. The van der Waals surface area contributed by atoms with Gasteiger partial charge < -0.3 is 15.2 Å². The second-order valence-corrected chi connectivity index (χ2v) is 11.2. The molecular formula is C24H21F7N2O6S. The number of nitrogens with zero attached hydrogens (tertiary/aromatic N) is 1. The van der Waals surface area contributed by atoms with E-state index in [0.717, 1.165) is 24.3 Å². The van der Waals surface area contributed by atoms with Crippen LogP contribution in [0.3, 0.4) is 0 Å². The zero-order chi connectivity index (χ0) is 29.7. The number of aryl methyl sites for hydroxylation is 1. The molecule has 4 rings (SSSR count). The Morgan fingerprint density at radius 3 is 2.23 bits per heavy atom. The smallest absolute Gasteiger partial charge is 0.430 e. The fourth-order valence-corrected chi connectivity index (χ4v) is 6.40. The molecule has 8 nitrogen and oxygen atoms in total. The summed E-state index contributed by atoms with van der Waals surface area (Å²) in [6.07, 6.45) is -13.4. The van der Waals surface area contributed by atoms with E-state index in [-0.39, 0.29) is 37.1 Å². The number of aliphatic hydroxyl groups is 1. The third-order valence-corrected chi connectivity index (χ3v) is 8.53. The monoisotopic (exact) mass is 598 g/mol. The maximum atomic E-state index is 13.6. The molecule has 1 amide bonds. The molecule has 2 N–H and O–H groups in total. The number of esters is 1. The zero-order valence-corrected chi connectivity index (χ0v) is 21.0. The minimum atomic E-state index is -6.15. The predicted octanol–water partition coefficient (Wildman–Crippen LogP) is 3.47. The highest BCUT2D eigenvalue weighted by molar-refractivity contribution is 7.92. The number of fused-ring (bicyclic) bond motifs is 1. The van der Waals surface area contributed by atoms with E-state index in [0.29, 0.717) is 22.5 Å². The Morgan fingerprint density at radius 1 is 1.05 bits per heavy atom. The van der Waals surface area contributed by atoms with E-state index in [9.17, 15) is 53.8 Å². The Hall–Kier alpha value is -3.40. The number of anilines is 1. The highest BCUT2D eigenvalue weighted by Crippen LogP contribution is 2.51. The summed E-state index contributed by atoms with van der Waals surface area (Å²) in [7, 11) is -4.63. The van der Waals surface area contributed by atoms with Crippen LogP contribution in [0.25, 0.3) is 0 Å². The van der Waals surface area contributed by atoms with E-state index in [1.54, 1.807) is 0 Å². The normalized spacial score (nSPS) is 20.2. The molecule has 1 fully saturated rings. The lowest BCUT2D eigenvalue weighted by atomic mass is 9.87. The number of halogens is 7. The van der Waals surface area contributed by atoms with Gasteiger partial charge >= 0.3 is 18.3 Å². The molecule has 2 aliphatic heterocycles. The van der Waals surface area contributed by atoms with Crippen molar-refractivity contribution >= 4 is 27.6 Å². The zero-order valence-electron chi connectivity index (χ0n) is 20.2. The highest BCUT2D eigenvalue weighted by Gasteiger charge is 2.71. The van der Waals surface area contributed by atoms with Gasteiger partial charge in [0.05, 0.1) is 29.1 Å². The molecule has 0 aromatic heterocycles. The Kier molecular flexibility index (Phi) is 7.55. The first-order valence-corrected chi connectivity index (χ1v) is 13.1. The van der Waals surface area contributed by atoms with Gasteiger partial charge in [-0.05, 0) is 48.7 Å². The molecule has 2 aromatic rings. The number of hydrogen-bond donors (Lipinski definition) is 2. The number of carbonyl (C=O) groups is 2. The van der Waals surface area contributed by atoms with Gasteiger partial charge in [0.2, 0.25) is 5.91 Å². The summed E-state index contributed by atoms with van der Waals surface area (Å²) in [4.78, 5) is 23.6. The van der Waals surface area contributed by atoms with Crippen molar-refractivity contribution in [3.8, 4) is 0 Å². The number of rotatable bonds is 6. The summed E-state index contributed by atoms with van der Waals surface area (Å²) < 4.78 is 127. The fraction of sp³-hybridized carbons (Fsp3) is 0.417. The largest absolute Gasteiger partial charge is 0.463 e. The predicted molar refractivity (Wildman–Crippen MR) is 123 cm³/mol. The van der Waals surface area contributed by atoms with Gasteiger partial charge in [0, 0.05) is 12.0 Å². The molecule has 0 aliphatic carbocycles. The van der Waals surface area contributed by atoms with Crippen molar-refractivity contribution in [1.82, 2.24) is 5.32 Å². The number of nitrogens with one attached hydrogen (secondary N) is 1. The van der Waals surface area contributed by atoms with Crippen molar-refractivity contribution in [2.45, 2.75) is 60.6 Å². The van der Waals surface area contributed by atoms with E-state index in [2.05, 4.69) is 5.32 Å². The maximum absolute atomic E-state index is 13.6. The van der Waals surface area contributed by atoms with Crippen LogP contribution in [0.15, 0.2) is 47.4 Å². The van der Waals surface area contributed by atoms with Gasteiger partial charge in [-0.3, -0.25) is 13.9 Å². The lowest BCUT2D eigenvalue weighted by molar-refractivity contribution is -0.376. The van der Waals surface area contributed by atoms with Crippen molar-refractivity contribution in [1.29, 1.82) is 0 Å². The van der Waals surface area contributed by atoms with Crippen molar-refractivity contribution in [2.75, 3.05) is 10.9 Å². The molecule has 2 atom stereocenters. The molecule has 0 unspecified atom stereocenters. The van der Waals surface area contributed by atoms with Crippen LogP contribution in [0.2, 0.25) is 0 Å². The van der Waals surface area contributed by atoms with Gasteiger partial charge in [-0.2, -0.15) is 26.3 Å². The van der Waals surface area contributed by atoms with E-state index < -0.39 is 74.6 Å². The van der Waals surface area contributed by atoms with Crippen LogP contribution in [0.4, 0.5) is 36.4 Å². The second-order valence-electron chi connectivity index (χ2n) is 9.35. The number of ether oxygens (including phenoxy) is 1. The van der Waals surface area contributed by atoms with Gasteiger partial charge in [0.1, 0.15) is 12.4 Å². The molecule has 0 radical (unpaired) electrons. The first-order valence-electron chi connectivity index (χ1n) is 11.7. The molecule has 0 spiro atoms. The fourth-order valence-electron chi connectivity index (χ4n) is 4.69. The Balaban J connectivity index is 1.76. The van der Waals surface area contributed by atoms with Crippen LogP contribution in [0.1, 0.15) is 30.4 Å². The molecule has 0 saturated carbocycles. The SMILES string of the molecule is O=C(C[C@@H]1CCc2cc(C(O)(C(F)(F)F)C(F)(F)F)ccc2N1S(=O)(=O)c1ccc(F)cc1)N[C@H]1COC(=O)C1. The summed E-state index contributed by atoms with van der Waals surface area (Å²) >= 11 is 0. The Morgan fingerprint density at radius 2 is 1.68 bits per heavy atom. The minimum absolute atomic E-state index is 0.0975. The van der Waals surface area contributed by atoms with Crippen LogP contribution >= 0.6 is 0 Å². The molecular weight excluding hydrogens is 577 g/mol. The average Bonchev–Trinajstić information content (AvgIpc) is 3.25. The molecule has 2 heterocycles. The Bertz CT molecular complexity index is 1400. The van der Waals surface area contributed by atoms with Crippen LogP contribution < -0.4 is 9.62 Å². The van der Waals surface area contributed by atoms with Crippen LogP contribution in [-0.4, -0.2) is 56.4 Å². The van der Waals surface area contributed by atoms with Crippen LogP contribution in [0, 0.1) is 5.82 Å². The molecule has 218 valence electrons.